The number of aromatic amines is 1. The molecule has 38 nitrogen and oxygen atoms in total. The van der Waals surface area contributed by atoms with E-state index >= 15 is 19.2 Å². The fraction of sp³-hybridized carbons (Fsp3) is 0.573. The van der Waals surface area contributed by atoms with Crippen molar-refractivity contribution in [1.29, 1.82) is 0 Å². The number of rotatable bonds is 23. The number of H-pyrrole nitrogens is 1. The van der Waals surface area contributed by atoms with Gasteiger partial charge >= 0.3 is 5.97 Å². The number of nitrogens with one attached hydrogen (secondary N) is 10. The number of likely N-dealkylation sites (N-methyl/N-ethyl adjacent to an activating group) is 3. The Hall–Kier alpha value is -11.7. The third-order valence-electron chi connectivity index (χ3n) is 23.6. The van der Waals surface area contributed by atoms with Gasteiger partial charge in [0.1, 0.15) is 79.3 Å². The lowest BCUT2D eigenvalue weighted by Crippen LogP contribution is -2.61. The highest BCUT2D eigenvalue weighted by atomic mass is 16.5. The predicted octanol–water partition coefficient (Wildman–Crippen LogP) is -0.136. The molecule has 3 aliphatic heterocycles. The third-order valence-corrected chi connectivity index (χ3v) is 23.6. The number of amides is 13. The number of unbranched alkanes of at least 4 members (excludes halogenated alkanes) is 2. The van der Waals surface area contributed by atoms with Crippen molar-refractivity contribution in [3.05, 3.63) is 102 Å². The quantitative estimate of drug-likeness (QED) is 0.0405. The number of ether oxygens (including phenoxy) is 1. The van der Waals surface area contributed by atoms with Gasteiger partial charge in [0, 0.05) is 100 Å². The average Bonchev–Trinajstić information content (AvgIpc) is 1.77. The van der Waals surface area contributed by atoms with E-state index in [4.69, 9.17) is 21.9 Å². The van der Waals surface area contributed by atoms with Gasteiger partial charge in [-0.1, -0.05) is 116 Å². The molecular weight excluding hydrogens is 1640 g/mol. The number of aliphatic carboxylic acids is 1. The molecule has 15 atom stereocenters. The lowest BCUT2D eigenvalue weighted by atomic mass is 9.90. The van der Waals surface area contributed by atoms with Gasteiger partial charge in [0.15, 0.2) is 11.6 Å². The number of hydrogen-bond donors (Lipinski definition) is 16. The zero-order valence-corrected chi connectivity index (χ0v) is 74.1. The van der Waals surface area contributed by atoms with Gasteiger partial charge in [-0.25, -0.2) is 0 Å². The van der Waals surface area contributed by atoms with Crippen LogP contribution in [-0.4, -0.2) is 284 Å². The Kier molecular flexibility index (Phi) is 37.8. The van der Waals surface area contributed by atoms with Crippen LogP contribution in [0.5, 0.6) is 5.75 Å². The molecule has 2 bridgehead atoms. The Morgan fingerprint density at radius 3 is 1.84 bits per heavy atom. The van der Waals surface area contributed by atoms with E-state index in [-0.39, 0.29) is 114 Å². The summed E-state index contributed by atoms with van der Waals surface area (Å²) in [5, 5.41) is 57.9. The molecule has 0 saturated carbocycles. The first-order chi connectivity index (χ1) is 60.4. The van der Waals surface area contributed by atoms with Gasteiger partial charge in [0.25, 0.3) is 0 Å². The molecule has 38 heteroatoms. The van der Waals surface area contributed by atoms with E-state index in [0.29, 0.717) is 64.2 Å². The lowest BCUT2D eigenvalue weighted by Gasteiger charge is -2.36. The number of primary amides is 1. The van der Waals surface area contributed by atoms with E-state index in [1.165, 1.54) is 66.7 Å². The van der Waals surface area contributed by atoms with Crippen LogP contribution in [0.15, 0.2) is 85.2 Å². The zero-order valence-electron chi connectivity index (χ0n) is 74.1. The number of carbonyl (C=O) groups excluding carboxylic acids is 15. The molecule has 5 aromatic rings. The highest BCUT2D eigenvalue weighted by Crippen LogP contribution is 2.30. The van der Waals surface area contributed by atoms with Crippen LogP contribution in [0.1, 0.15) is 155 Å². The predicted molar refractivity (Wildman–Crippen MR) is 468 cm³/mol. The molecule has 127 heavy (non-hydrogen) atoms. The number of carbonyl (C=O) groups is 16. The van der Waals surface area contributed by atoms with Crippen LogP contribution in [0, 0.1) is 17.8 Å². The maximum atomic E-state index is 15.8. The van der Waals surface area contributed by atoms with Crippen molar-refractivity contribution in [3.63, 3.8) is 0 Å². The van der Waals surface area contributed by atoms with E-state index < -0.39 is 217 Å². The molecule has 3 fully saturated rings. The topological polar surface area (TPSA) is 563 Å². The number of ketones is 2. The number of fused-ring (bicyclic) bond motifs is 5. The number of Topliss-reactive ketones (excluding diaryl/α,β-unsaturated/α-hetero) is 2. The number of carboxylic acid groups (broad SMARTS) is 1. The molecule has 0 radical (unpaired) electrons. The Morgan fingerprint density at radius 1 is 0.598 bits per heavy atom. The monoisotopic (exact) mass is 1770 g/mol. The first-order valence-electron chi connectivity index (χ1n) is 43.8. The molecular formula is C89H128N18O20. The number of aliphatic hydroxyl groups is 1. The van der Waals surface area contributed by atoms with Crippen molar-refractivity contribution in [1.82, 2.24) is 77.0 Å². The number of carboxylic acids is 1. The normalized spacial score (nSPS) is 25.8. The minimum absolute atomic E-state index is 0.0249. The van der Waals surface area contributed by atoms with Crippen molar-refractivity contribution in [2.45, 2.75) is 249 Å². The molecule has 1 unspecified atom stereocenters. The van der Waals surface area contributed by atoms with Crippen LogP contribution in [-0.2, 0) is 107 Å². The molecule has 0 aliphatic carbocycles. The van der Waals surface area contributed by atoms with Gasteiger partial charge in [0.2, 0.25) is 76.8 Å². The Balaban J connectivity index is 1.15. The van der Waals surface area contributed by atoms with Gasteiger partial charge in [-0.05, 0) is 124 Å². The molecule has 694 valence electrons. The second-order valence-corrected chi connectivity index (χ2v) is 34.2. The fourth-order valence-corrected chi connectivity index (χ4v) is 16.5. The number of benzene rings is 3. The summed E-state index contributed by atoms with van der Waals surface area (Å²) in [6.45, 7) is 9.80. The van der Waals surface area contributed by atoms with E-state index in [2.05, 4.69) is 52.8 Å². The van der Waals surface area contributed by atoms with Crippen LogP contribution >= 0.6 is 0 Å². The van der Waals surface area contributed by atoms with E-state index in [1.807, 2.05) is 39.8 Å². The number of phenolic OH excluding ortho intramolecular Hbond substituents is 1. The van der Waals surface area contributed by atoms with Crippen molar-refractivity contribution in [3.8, 4) is 5.75 Å². The number of nitrogens with two attached hydrogens (primary N) is 3. The number of aromatic nitrogens is 2. The molecule has 3 aliphatic rings. The second-order valence-electron chi connectivity index (χ2n) is 34.2. The maximum absolute atomic E-state index is 15.8. The number of nitrogens with zero attached hydrogens (tertiary/aromatic N) is 5. The van der Waals surface area contributed by atoms with Crippen molar-refractivity contribution < 1.29 is 96.8 Å². The first kappa shape index (κ1) is 101. The van der Waals surface area contributed by atoms with Crippen LogP contribution in [0.3, 0.4) is 0 Å². The van der Waals surface area contributed by atoms with Gasteiger partial charge in [-0.2, -0.15) is 0 Å². The SMILES string of the molecule is CCCC[C@H]1C(=O)N(C)[C@@H](CCCC)C(=O)N[C@@H](CC(C)C)C(=O)NCCOCC(=O)N[C@@H](Cc2ccc(O)cc2)C(=O)N(C)[C@@H](C)C(=O)N[C@@H](CC(N)=O)C(=O)N2CCC[C@H]2C(=O)N[C@@H](CN)C(=O)N[C@@H](CC(C)C)C(=O)C2N[C@@H](C[C@H]2O)C(=O)C[C@@H](Cc2c[nH]c3ccccc23)C(=O)N[C@@H](CCN)C(=O)N[C@@H](Cc2cn(CC(=O)O)c3ccccc23)C(=O)N1C. The summed E-state index contributed by atoms with van der Waals surface area (Å²) < 4.78 is 7.17. The van der Waals surface area contributed by atoms with E-state index in [0.717, 1.165) is 9.80 Å². The van der Waals surface area contributed by atoms with Gasteiger partial charge in [-0.15, -0.1) is 0 Å². The largest absolute Gasteiger partial charge is 0.508 e. The van der Waals surface area contributed by atoms with Gasteiger partial charge < -0.3 is 109 Å². The standard InChI is InChI=1S/C89H128N18O20/c1-11-13-23-69-84(121)99-63(37-50(5)6)81(118)93-33-35-127-48-75(112)95-64(38-52-27-29-56(108)30-28-52)86(123)103(8)51(7)79(116)100-66(43-74(92)111)88(125)107-34-19-26-70(107)85(122)102-67(44-91)83(120)98-62(36-49(3)4)78(115)77-73(110)42-61(96-77)72(109)41-53(39-54-45-94-59-22-17-15-20-57(54)59)80(117)97-60(31-32-90)82(119)101-65(87(124)105(10)71(24-14-12-2)89(126)104(69)9)40-55-46-106(47-76(113)114)68-25-18-16-21-58(55)68/h15-18,20-22,25,27-30,45-46,49-51,53,60-67,69-71,73,77,94,96,108,110H,11-14,19,23-24,26,31-44,47-48,90-91H2,1-10H3,(H2,92,111)(H,93,118)(H,95,112)(H,97,117)(H,98,120)(H,99,121)(H,100,116)(H,101,119)(H,102,122)(H,113,114)/t51-,53+,60-,61-,62-,63-,64-,65-,66-,67-,69-,70-,71-,73+,77?/m0/s1. The fourth-order valence-electron chi connectivity index (χ4n) is 16.5. The summed E-state index contributed by atoms with van der Waals surface area (Å²) in [6, 6.07) is 1.32. The highest BCUT2D eigenvalue weighted by molar-refractivity contribution is 6.02. The van der Waals surface area contributed by atoms with Gasteiger partial charge in [-0.3, -0.25) is 82.0 Å². The molecule has 0 spiro atoms. The summed E-state index contributed by atoms with van der Waals surface area (Å²) in [5.74, 6) is -15.4. The highest BCUT2D eigenvalue weighted by Gasteiger charge is 2.47. The molecule has 5 heterocycles. The van der Waals surface area contributed by atoms with Crippen LogP contribution in [0.4, 0.5) is 0 Å². The molecule has 8 rings (SSSR count). The zero-order chi connectivity index (χ0) is 93.2. The van der Waals surface area contributed by atoms with Crippen LogP contribution in [0.2, 0.25) is 0 Å². The smallest absolute Gasteiger partial charge is 0.323 e. The first-order valence-corrected chi connectivity index (χ1v) is 43.8. The van der Waals surface area contributed by atoms with Gasteiger partial charge in [0.05, 0.1) is 37.3 Å². The summed E-state index contributed by atoms with van der Waals surface area (Å²) >= 11 is 0. The Bertz CT molecular complexity index is 4720. The van der Waals surface area contributed by atoms with Crippen LogP contribution in [0.25, 0.3) is 21.8 Å². The second kappa shape index (κ2) is 47.7. The summed E-state index contributed by atoms with van der Waals surface area (Å²) in [6.07, 6.45) is 1.56. The number of aromatic hydroxyl groups is 1. The van der Waals surface area contributed by atoms with Crippen molar-refractivity contribution in [2.24, 2.45) is 35.0 Å². The molecule has 19 N–H and O–H groups in total. The third kappa shape index (κ3) is 27.6. The summed E-state index contributed by atoms with van der Waals surface area (Å²) in [5.41, 5.74) is 20.7. The number of aliphatic hydroxyl groups excluding tert-OH is 1. The minimum atomic E-state index is -1.71. The summed E-state index contributed by atoms with van der Waals surface area (Å²) in [7, 11) is 4.06. The van der Waals surface area contributed by atoms with E-state index in [9.17, 15) is 72.9 Å². The number of hydrogen-bond acceptors (Lipinski definition) is 22. The molecule has 2 aromatic heterocycles. The van der Waals surface area contributed by atoms with Crippen LogP contribution < -0.4 is 65.1 Å². The number of para-hydroxylation sites is 2. The van der Waals surface area contributed by atoms with E-state index in [1.54, 1.807) is 62.6 Å². The maximum Gasteiger partial charge on any atom is 0.323 e. The molecule has 3 aromatic carbocycles. The molecule has 3 saturated heterocycles. The minimum Gasteiger partial charge on any atom is -0.508 e. The summed E-state index contributed by atoms with van der Waals surface area (Å²) in [4.78, 5) is 240. The average molecular weight is 1770 g/mol. The Morgan fingerprint density at radius 2 is 1.19 bits per heavy atom. The van der Waals surface area contributed by atoms with Crippen molar-refractivity contribution >= 4 is 116 Å². The van der Waals surface area contributed by atoms with Crippen molar-refractivity contribution in [2.75, 3.05) is 60.5 Å². The Labute approximate surface area is 738 Å². The number of phenols is 1. The molecule has 13 amide bonds. The lowest BCUT2D eigenvalue weighted by molar-refractivity contribution is -0.149.